The van der Waals surface area contributed by atoms with E-state index in [1.54, 1.807) is 0 Å². The second-order valence-electron chi connectivity index (χ2n) is 6.41. The number of nitrogens with two attached hydrogens (primary N) is 2. The maximum absolute atomic E-state index is 11.6. The molecule has 2 heterocycles. The third kappa shape index (κ3) is 9.89. The maximum atomic E-state index is 11.6. The van der Waals surface area contributed by atoms with E-state index in [4.69, 9.17) is 11.5 Å². The Balaban J connectivity index is 0.000000289. The van der Waals surface area contributed by atoms with E-state index in [0.29, 0.717) is 32.4 Å². The van der Waals surface area contributed by atoms with Gasteiger partial charge in [0.25, 0.3) is 0 Å². The lowest BCUT2D eigenvalue weighted by molar-refractivity contribution is -0.125. The van der Waals surface area contributed by atoms with Crippen molar-refractivity contribution in [1.29, 1.82) is 0 Å². The first-order valence-electron chi connectivity index (χ1n) is 9.38. The van der Waals surface area contributed by atoms with Crippen LogP contribution in [0.1, 0.15) is 38.5 Å². The van der Waals surface area contributed by atoms with Gasteiger partial charge in [0.1, 0.15) is 0 Å². The number of alkyl halides is 1. The normalized spacial score (nSPS) is 23.1. The molecule has 2 rings (SSSR count). The first-order chi connectivity index (χ1) is 13.0. The average molecular weight is 421 g/mol. The fraction of sp³-hybridized carbons (Fsp3) is 0.824. The second kappa shape index (κ2) is 14.3. The van der Waals surface area contributed by atoms with Crippen molar-refractivity contribution < 1.29 is 18.8 Å². The predicted octanol–water partition coefficient (Wildman–Crippen LogP) is 0.559. The summed E-state index contributed by atoms with van der Waals surface area (Å²) in [6, 6.07) is -0.866. The van der Waals surface area contributed by atoms with Gasteiger partial charge in [-0.2, -0.15) is 0 Å². The first kappa shape index (κ1) is 24.4. The molecule has 0 aliphatic carbocycles. The minimum absolute atomic E-state index is 0.00782. The molecule has 27 heavy (non-hydrogen) atoms. The van der Waals surface area contributed by atoms with E-state index < -0.39 is 6.04 Å². The summed E-state index contributed by atoms with van der Waals surface area (Å²) in [6.07, 6.45) is 4.46. The number of thioether (sulfide) groups is 2. The summed E-state index contributed by atoms with van der Waals surface area (Å²) in [7, 11) is 0. The second-order valence-corrected chi connectivity index (χ2v) is 8.61. The van der Waals surface area contributed by atoms with E-state index in [2.05, 4.69) is 10.6 Å². The van der Waals surface area contributed by atoms with Crippen LogP contribution in [0.15, 0.2) is 0 Å². The van der Waals surface area contributed by atoms with Crippen LogP contribution >= 0.6 is 23.5 Å². The summed E-state index contributed by atoms with van der Waals surface area (Å²) in [6.45, 7) is 0.931. The Labute approximate surface area is 168 Å². The molecule has 2 aliphatic heterocycles. The highest BCUT2D eigenvalue weighted by atomic mass is 32.2. The summed E-state index contributed by atoms with van der Waals surface area (Å²) in [5, 5.41) is 5.97. The smallest absolute Gasteiger partial charge is 0.237 e. The molecule has 2 fully saturated rings. The van der Waals surface area contributed by atoms with Crippen LogP contribution in [0.4, 0.5) is 4.39 Å². The highest BCUT2D eigenvalue weighted by Gasteiger charge is 2.28. The van der Waals surface area contributed by atoms with E-state index in [1.807, 2.05) is 0 Å². The topological polar surface area (TPSA) is 127 Å². The minimum Gasteiger partial charge on any atom is -0.344 e. The van der Waals surface area contributed by atoms with Gasteiger partial charge in [-0.15, -0.1) is 0 Å². The molecular formula is C17H31FN4O3S2. The van der Waals surface area contributed by atoms with Crippen molar-refractivity contribution >= 4 is 39.7 Å². The van der Waals surface area contributed by atoms with Crippen LogP contribution in [0.3, 0.4) is 0 Å². The molecule has 7 nitrogen and oxygen atoms in total. The zero-order chi connectivity index (χ0) is 20.1. The van der Waals surface area contributed by atoms with Gasteiger partial charge in [0.05, 0.1) is 24.8 Å². The Morgan fingerprint density at radius 3 is 2.26 bits per heavy atom. The highest BCUT2D eigenvalue weighted by Crippen LogP contribution is 2.20. The van der Waals surface area contributed by atoms with Crippen LogP contribution in [-0.4, -0.2) is 65.5 Å². The van der Waals surface area contributed by atoms with E-state index in [1.165, 1.54) is 23.5 Å². The van der Waals surface area contributed by atoms with Gasteiger partial charge in [-0.3, -0.25) is 18.8 Å². The molecule has 0 bridgehead atoms. The Morgan fingerprint density at radius 1 is 1.11 bits per heavy atom. The Kier molecular flexibility index (Phi) is 12.9. The van der Waals surface area contributed by atoms with Crippen molar-refractivity contribution in [3.63, 3.8) is 0 Å². The number of hydrogen-bond acceptors (Lipinski definition) is 8. The standard InChI is InChI=1S/C10H19N3O2S.C7H12FNOS/c11-5-2-1-3-7(12)9(14)13-8-4-6-16-10(8)15;8-3-1-4-9-6-2-5-11-7(6)10/h7-8H,1-6,11-12H2,(H,13,14);6,9H,1-5H2/t7-,8-;6-/m00/s1/i9-1;8-1. The summed E-state index contributed by atoms with van der Waals surface area (Å²) in [5.74, 6) is 1.47. The lowest BCUT2D eigenvalue weighted by atomic mass is 9.84. The highest BCUT2D eigenvalue weighted by molar-refractivity contribution is 8.14. The molecule has 3 atom stereocenters. The van der Waals surface area contributed by atoms with Gasteiger partial charge in [-0.25, -0.2) is 0 Å². The first-order valence-corrected chi connectivity index (χ1v) is 11.3. The Morgan fingerprint density at radius 2 is 1.74 bits per heavy atom. The molecule has 6 N–H and O–H groups in total. The van der Waals surface area contributed by atoms with Crippen LogP contribution in [0.25, 0.3) is 0 Å². The molecule has 0 saturated carbocycles. The van der Waals surface area contributed by atoms with Gasteiger partial charge in [0, 0.05) is 11.5 Å². The lowest BCUT2D eigenvalue weighted by Crippen LogP contribution is -2.46. The van der Waals surface area contributed by atoms with Gasteiger partial charge >= 0.3 is 0 Å². The van der Waals surface area contributed by atoms with Gasteiger partial charge in [-0.05, 0) is 45.2 Å². The fourth-order valence-electron chi connectivity index (χ4n) is 2.57. The summed E-state index contributed by atoms with van der Waals surface area (Å²) < 4.78 is 11.6. The molecule has 0 aromatic heterocycles. The third-order valence-electron chi connectivity index (χ3n) is 4.19. The van der Waals surface area contributed by atoms with Crippen molar-refractivity contribution in [2.75, 3.05) is 31.3 Å². The van der Waals surface area contributed by atoms with Gasteiger partial charge in [0.15, 0.2) is 0 Å². The molecule has 0 aromatic rings. The van der Waals surface area contributed by atoms with E-state index in [0.717, 1.165) is 30.8 Å². The molecule has 10 heteroatoms. The molecule has 156 valence electrons. The average Bonchev–Trinajstić information content (AvgIpc) is 3.24. The predicted molar refractivity (Wildman–Crippen MR) is 109 cm³/mol. The molecule has 2 saturated heterocycles. The van der Waals surface area contributed by atoms with E-state index in [-0.39, 0.29) is 34.9 Å². The summed E-state index contributed by atoms with van der Waals surface area (Å²) >= 11 is 2.64. The lowest BCUT2D eigenvalue weighted by Gasteiger charge is -2.15. The number of rotatable bonds is 10. The zero-order valence-electron chi connectivity index (χ0n) is 15.6. The molecule has 2 aliphatic rings. The molecule has 0 radical (unpaired) electrons. The zero-order valence-corrected chi connectivity index (χ0v) is 17.2. The van der Waals surface area contributed by atoms with Gasteiger partial charge in [-0.1, -0.05) is 29.9 Å². The number of unbranched alkanes of at least 4 members (excludes halogenated alkanes) is 1. The van der Waals surface area contributed by atoms with Crippen molar-refractivity contribution in [3.8, 4) is 0 Å². The van der Waals surface area contributed by atoms with Crippen LogP contribution in [0, 0.1) is 0 Å². The number of amides is 1. The monoisotopic (exact) mass is 420 g/mol. The Hall–Kier alpha value is -0.680. The number of nitrogens with one attached hydrogen (secondary N) is 2. The van der Waals surface area contributed by atoms with Crippen molar-refractivity contribution in [2.24, 2.45) is 11.5 Å². The number of hydrogen-bond donors (Lipinski definition) is 4. The van der Waals surface area contributed by atoms with E-state index in [9.17, 15) is 18.8 Å². The van der Waals surface area contributed by atoms with Gasteiger partial charge < -0.3 is 22.1 Å². The van der Waals surface area contributed by atoms with Crippen molar-refractivity contribution in [1.82, 2.24) is 10.6 Å². The molecule has 0 aromatic carbocycles. The molecule has 0 unspecified atom stereocenters. The quantitative estimate of drug-likeness (QED) is 0.378. The number of halogens is 1. The van der Waals surface area contributed by atoms with Crippen LogP contribution in [0.2, 0.25) is 0 Å². The SMILES string of the molecule is NCCCC[C@H](N)[11C](=O)N[C@H]1CCSC1=O.O=C1SCC[C@@H]1NCCC[18F]. The fourth-order valence-corrected chi connectivity index (χ4v) is 4.46. The third-order valence-corrected chi connectivity index (χ3v) is 6.21. The minimum atomic E-state index is -0.523. The summed E-state index contributed by atoms with van der Waals surface area (Å²) in [4.78, 5) is 33.9. The van der Waals surface area contributed by atoms with Crippen molar-refractivity contribution in [2.45, 2.75) is 56.7 Å². The molecule has 0 spiro atoms. The maximum Gasteiger partial charge on any atom is 0.237 e. The van der Waals surface area contributed by atoms with E-state index >= 15 is 0 Å². The number of carbonyl (C=O) groups is 3. The van der Waals surface area contributed by atoms with Crippen LogP contribution in [0.5, 0.6) is 0 Å². The Bertz CT molecular complexity index is 485. The van der Waals surface area contributed by atoms with Gasteiger partial charge in [0.2, 0.25) is 16.1 Å². The molecule has 1 amide bonds. The van der Waals surface area contributed by atoms with Crippen LogP contribution < -0.4 is 22.1 Å². The largest absolute Gasteiger partial charge is 0.344 e. The van der Waals surface area contributed by atoms with Crippen LogP contribution in [-0.2, 0) is 14.4 Å². The molecular weight excluding hydrogens is 389 g/mol. The summed E-state index contributed by atoms with van der Waals surface area (Å²) in [5.41, 5.74) is 11.1. The number of carbonyl (C=O) groups excluding carboxylic acids is 3. The van der Waals surface area contributed by atoms with Crippen molar-refractivity contribution in [3.05, 3.63) is 0 Å².